The predicted octanol–water partition coefficient (Wildman–Crippen LogP) is 4.35. The second-order valence-corrected chi connectivity index (χ2v) is 10.2. The first kappa shape index (κ1) is 23.4. The third-order valence-electron chi connectivity index (χ3n) is 6.09. The summed E-state index contributed by atoms with van der Waals surface area (Å²) in [6.07, 6.45) is 4.90. The van der Waals surface area contributed by atoms with Crippen molar-refractivity contribution in [3.8, 4) is 22.8 Å². The van der Waals surface area contributed by atoms with Gasteiger partial charge in [0.05, 0.1) is 6.61 Å². The van der Waals surface area contributed by atoms with Gasteiger partial charge in [0.2, 0.25) is 5.88 Å². The molecular weight excluding hydrogens is 471 g/mol. The molecule has 1 amide bonds. The van der Waals surface area contributed by atoms with Gasteiger partial charge in [-0.15, -0.1) is 0 Å². The number of ether oxygens (including phenoxy) is 2. The highest BCUT2D eigenvalue weighted by Gasteiger charge is 2.45. The number of amides is 1. The van der Waals surface area contributed by atoms with Crippen molar-refractivity contribution in [3.63, 3.8) is 0 Å². The van der Waals surface area contributed by atoms with Gasteiger partial charge in [-0.05, 0) is 84.1 Å². The van der Waals surface area contributed by atoms with E-state index in [1.165, 1.54) is 25.0 Å². The first-order chi connectivity index (χ1) is 16.9. The Morgan fingerprint density at radius 3 is 2.49 bits per heavy atom. The van der Waals surface area contributed by atoms with E-state index in [4.69, 9.17) is 9.47 Å². The van der Waals surface area contributed by atoms with Gasteiger partial charge in [-0.2, -0.15) is 0 Å². The molecule has 0 bridgehead atoms. The van der Waals surface area contributed by atoms with Gasteiger partial charge in [-0.25, -0.2) is 9.37 Å². The number of aromatic nitrogens is 1. The van der Waals surface area contributed by atoms with Crippen LogP contribution in [0.1, 0.15) is 41.6 Å². The average Bonchev–Trinajstić information content (AvgIpc) is 3.78. The lowest BCUT2D eigenvalue weighted by molar-refractivity contribution is 0.0944. The number of benzene rings is 2. The lowest BCUT2D eigenvalue weighted by Gasteiger charge is -2.20. The van der Waals surface area contributed by atoms with Crippen molar-refractivity contribution in [1.29, 1.82) is 0 Å². The molecule has 1 aromatic heterocycles. The predicted molar refractivity (Wildman–Crippen MR) is 127 cm³/mol. The van der Waals surface area contributed by atoms with Crippen LogP contribution in [-0.4, -0.2) is 31.1 Å². The number of hydrogen-bond acceptors (Lipinski definition) is 6. The van der Waals surface area contributed by atoms with Crippen LogP contribution in [0.4, 0.5) is 4.39 Å². The van der Waals surface area contributed by atoms with Gasteiger partial charge in [0.1, 0.15) is 23.0 Å². The Bertz CT molecular complexity index is 1240. The third kappa shape index (κ3) is 5.86. The van der Waals surface area contributed by atoms with E-state index in [2.05, 4.69) is 10.3 Å². The minimum absolute atomic E-state index is 0.172. The Hall–Kier alpha value is -3.30. The largest absolute Gasteiger partial charge is 0.771 e. The van der Waals surface area contributed by atoms with E-state index < -0.39 is 27.7 Å². The molecule has 7 nitrogen and oxygen atoms in total. The molecule has 1 heterocycles. The zero-order valence-corrected chi connectivity index (χ0v) is 19.7. The van der Waals surface area contributed by atoms with Crippen LogP contribution in [-0.2, 0) is 17.7 Å². The maximum atomic E-state index is 14.3. The summed E-state index contributed by atoms with van der Waals surface area (Å²) in [6.45, 7) is 0.850. The van der Waals surface area contributed by atoms with Crippen LogP contribution in [0.3, 0.4) is 0 Å². The number of rotatable bonds is 10. The molecule has 35 heavy (non-hydrogen) atoms. The summed E-state index contributed by atoms with van der Waals surface area (Å²) < 4.78 is 48.2. The van der Waals surface area contributed by atoms with Crippen LogP contribution in [0.5, 0.6) is 11.6 Å². The number of hydrogen-bond donors (Lipinski definition) is 1. The zero-order valence-electron chi connectivity index (χ0n) is 18.9. The van der Waals surface area contributed by atoms with E-state index in [9.17, 15) is 17.9 Å². The SMILES string of the molecule is O=C(NC1(S(=O)[O-])CC1)c1ccc(COc2cc(F)cc(-c3ccc(OCC4CC4)nc3)c2)cc1. The van der Waals surface area contributed by atoms with Crippen LogP contribution < -0.4 is 14.8 Å². The quantitative estimate of drug-likeness (QED) is 0.420. The molecule has 182 valence electrons. The molecule has 1 N–H and O–H groups in total. The molecule has 2 aromatic carbocycles. The molecular formula is C26H24FN2O5S-. The summed E-state index contributed by atoms with van der Waals surface area (Å²) >= 11 is -2.35. The van der Waals surface area contributed by atoms with Crippen molar-refractivity contribution >= 4 is 17.0 Å². The molecule has 0 radical (unpaired) electrons. The van der Waals surface area contributed by atoms with Crippen molar-refractivity contribution in [2.45, 2.75) is 37.2 Å². The monoisotopic (exact) mass is 495 g/mol. The first-order valence-corrected chi connectivity index (χ1v) is 12.5. The van der Waals surface area contributed by atoms with Crippen LogP contribution in [0.25, 0.3) is 11.1 Å². The van der Waals surface area contributed by atoms with E-state index in [0.29, 0.717) is 48.1 Å². The summed E-state index contributed by atoms with van der Waals surface area (Å²) in [5.74, 6) is 0.692. The number of halogens is 1. The van der Waals surface area contributed by atoms with Gasteiger partial charge in [0.15, 0.2) is 0 Å². The van der Waals surface area contributed by atoms with Crippen molar-refractivity contribution < 1.29 is 27.4 Å². The third-order valence-corrected chi connectivity index (χ3v) is 7.24. The van der Waals surface area contributed by atoms with Gasteiger partial charge >= 0.3 is 0 Å². The minimum Gasteiger partial charge on any atom is -0.771 e. The normalized spacial score (nSPS) is 16.9. The molecule has 1 atom stereocenters. The van der Waals surface area contributed by atoms with Crippen molar-refractivity contribution in [2.75, 3.05) is 6.61 Å². The van der Waals surface area contributed by atoms with E-state index in [1.807, 2.05) is 6.07 Å². The highest BCUT2D eigenvalue weighted by Crippen LogP contribution is 2.38. The van der Waals surface area contributed by atoms with Crippen molar-refractivity contribution in [3.05, 3.63) is 77.7 Å². The van der Waals surface area contributed by atoms with Crippen LogP contribution in [0.2, 0.25) is 0 Å². The molecule has 2 saturated carbocycles. The molecule has 5 rings (SSSR count). The molecule has 0 aliphatic heterocycles. The summed E-state index contributed by atoms with van der Waals surface area (Å²) in [4.78, 5) is 15.5. The zero-order chi connectivity index (χ0) is 24.4. The number of carbonyl (C=O) groups excluding carboxylic acids is 1. The summed E-state index contributed by atoms with van der Waals surface area (Å²) in [6, 6.07) is 14.7. The minimum atomic E-state index is -2.35. The highest BCUT2D eigenvalue weighted by molar-refractivity contribution is 7.81. The Morgan fingerprint density at radius 1 is 1.09 bits per heavy atom. The molecule has 0 spiro atoms. The Kier molecular flexibility index (Phi) is 6.53. The lowest BCUT2D eigenvalue weighted by atomic mass is 10.1. The van der Waals surface area contributed by atoms with Gasteiger partial charge in [-0.1, -0.05) is 12.1 Å². The lowest BCUT2D eigenvalue weighted by Crippen LogP contribution is -2.40. The standard InChI is InChI=1S/C26H25FN2O5S/c27-22-11-21(20-7-8-24(28-14-20)34-16-17-1-2-17)12-23(13-22)33-15-18-3-5-19(6-4-18)25(30)29-26(9-10-26)35(31)32/h3-8,11-14,17H,1-2,9-10,15-16H2,(H,29,30)(H,31,32)/p-1. The molecule has 1 unspecified atom stereocenters. The topological polar surface area (TPSA) is 101 Å². The fourth-order valence-electron chi connectivity index (χ4n) is 3.58. The number of nitrogens with zero attached hydrogens (tertiary/aromatic N) is 1. The first-order valence-electron chi connectivity index (χ1n) is 11.4. The number of pyridine rings is 1. The molecule has 9 heteroatoms. The number of nitrogens with one attached hydrogen (secondary N) is 1. The molecule has 3 aromatic rings. The van der Waals surface area contributed by atoms with Gasteiger partial charge in [0, 0.05) is 29.5 Å². The van der Waals surface area contributed by atoms with Gasteiger partial charge < -0.3 is 19.3 Å². The average molecular weight is 496 g/mol. The molecule has 0 saturated heterocycles. The van der Waals surface area contributed by atoms with E-state index in [-0.39, 0.29) is 6.61 Å². The van der Waals surface area contributed by atoms with Crippen molar-refractivity contribution in [1.82, 2.24) is 10.3 Å². The molecule has 2 aliphatic carbocycles. The summed E-state index contributed by atoms with van der Waals surface area (Å²) in [5, 5.41) is 2.57. The van der Waals surface area contributed by atoms with Crippen LogP contribution in [0, 0.1) is 11.7 Å². The fourth-order valence-corrected chi connectivity index (χ4v) is 4.19. The van der Waals surface area contributed by atoms with Crippen LogP contribution in [0.15, 0.2) is 60.8 Å². The number of carbonyl (C=O) groups is 1. The van der Waals surface area contributed by atoms with E-state index in [0.717, 1.165) is 11.1 Å². The Labute approximate surface area is 205 Å². The summed E-state index contributed by atoms with van der Waals surface area (Å²) in [5.41, 5.74) is 2.52. The van der Waals surface area contributed by atoms with E-state index >= 15 is 0 Å². The Morgan fingerprint density at radius 2 is 1.86 bits per heavy atom. The smallest absolute Gasteiger partial charge is 0.252 e. The second-order valence-electron chi connectivity index (χ2n) is 8.98. The molecule has 2 fully saturated rings. The second kappa shape index (κ2) is 9.75. The Balaban J connectivity index is 1.20. The summed E-state index contributed by atoms with van der Waals surface area (Å²) in [7, 11) is 0. The van der Waals surface area contributed by atoms with Crippen molar-refractivity contribution in [2.24, 2.45) is 5.92 Å². The highest BCUT2D eigenvalue weighted by atomic mass is 32.2. The van der Waals surface area contributed by atoms with Gasteiger partial charge in [0.25, 0.3) is 5.91 Å². The molecule has 2 aliphatic rings. The maximum Gasteiger partial charge on any atom is 0.252 e. The van der Waals surface area contributed by atoms with Crippen LogP contribution >= 0.6 is 0 Å². The fraction of sp³-hybridized carbons (Fsp3) is 0.308. The van der Waals surface area contributed by atoms with Gasteiger partial charge in [-0.3, -0.25) is 9.00 Å². The van der Waals surface area contributed by atoms with E-state index in [1.54, 1.807) is 42.6 Å². The maximum absolute atomic E-state index is 14.3.